The van der Waals surface area contributed by atoms with Crippen LogP contribution < -0.4 is 5.69 Å². The lowest BCUT2D eigenvalue weighted by Crippen LogP contribution is -2.21. The fourth-order valence-corrected chi connectivity index (χ4v) is 1.81. The first kappa shape index (κ1) is 10.7. The predicted molar refractivity (Wildman–Crippen MR) is 66.6 cm³/mol. The molecule has 16 heavy (non-hydrogen) atoms. The van der Waals surface area contributed by atoms with Crippen molar-refractivity contribution in [2.24, 2.45) is 7.05 Å². The molecule has 0 atom stereocenters. The van der Waals surface area contributed by atoms with Gasteiger partial charge in [0.2, 0.25) is 0 Å². The molecule has 3 heteroatoms. The van der Waals surface area contributed by atoms with Gasteiger partial charge in [0.15, 0.2) is 0 Å². The molecule has 0 aliphatic rings. The lowest BCUT2D eigenvalue weighted by molar-refractivity contribution is 0.746. The second kappa shape index (κ2) is 4.00. The molecule has 0 spiro atoms. The van der Waals surface area contributed by atoms with Gasteiger partial charge in [-0.1, -0.05) is 23.8 Å². The van der Waals surface area contributed by atoms with Gasteiger partial charge in [0.05, 0.1) is 11.0 Å². The van der Waals surface area contributed by atoms with Gasteiger partial charge in [-0.3, -0.25) is 9.13 Å². The van der Waals surface area contributed by atoms with Crippen molar-refractivity contribution in [3.63, 3.8) is 0 Å². The number of hydrogen-bond acceptors (Lipinski definition) is 1. The number of allylic oxidation sites excluding steroid dienone is 2. The molecule has 0 saturated heterocycles. The van der Waals surface area contributed by atoms with Crippen LogP contribution in [0.15, 0.2) is 40.7 Å². The van der Waals surface area contributed by atoms with Crippen molar-refractivity contribution in [2.45, 2.75) is 20.4 Å². The fourth-order valence-electron chi connectivity index (χ4n) is 1.81. The Bertz CT molecular complexity index is 598. The van der Waals surface area contributed by atoms with Gasteiger partial charge >= 0.3 is 5.69 Å². The first-order valence-electron chi connectivity index (χ1n) is 5.39. The third kappa shape index (κ3) is 1.69. The monoisotopic (exact) mass is 216 g/mol. The van der Waals surface area contributed by atoms with Crippen molar-refractivity contribution in [2.75, 3.05) is 0 Å². The number of para-hydroxylation sites is 2. The first-order valence-corrected chi connectivity index (χ1v) is 5.39. The van der Waals surface area contributed by atoms with E-state index in [1.807, 2.05) is 45.2 Å². The Morgan fingerprint density at radius 2 is 1.88 bits per heavy atom. The molecule has 0 saturated carbocycles. The molecule has 0 aliphatic carbocycles. The number of aromatic nitrogens is 2. The quantitative estimate of drug-likeness (QED) is 0.708. The zero-order valence-electron chi connectivity index (χ0n) is 9.90. The summed E-state index contributed by atoms with van der Waals surface area (Å²) in [4.78, 5) is 12.0. The molecule has 0 aliphatic heterocycles. The molecule has 0 fully saturated rings. The Hall–Kier alpha value is -1.77. The van der Waals surface area contributed by atoms with Crippen LogP contribution in [0.3, 0.4) is 0 Å². The number of aryl methyl sites for hydroxylation is 1. The predicted octanol–water partition coefficient (Wildman–Crippen LogP) is 2.31. The van der Waals surface area contributed by atoms with Gasteiger partial charge < -0.3 is 0 Å². The molecule has 0 amide bonds. The number of imidazole rings is 1. The number of fused-ring (bicyclic) bond motifs is 1. The zero-order valence-corrected chi connectivity index (χ0v) is 9.90. The van der Waals surface area contributed by atoms with E-state index in [2.05, 4.69) is 6.08 Å². The number of benzene rings is 1. The van der Waals surface area contributed by atoms with Crippen LogP contribution in [0.25, 0.3) is 11.0 Å². The lowest BCUT2D eigenvalue weighted by atomic mass is 10.3. The molecule has 3 nitrogen and oxygen atoms in total. The van der Waals surface area contributed by atoms with E-state index in [9.17, 15) is 4.79 Å². The Morgan fingerprint density at radius 3 is 2.50 bits per heavy atom. The molecule has 2 rings (SSSR count). The summed E-state index contributed by atoms with van der Waals surface area (Å²) in [6.07, 6.45) is 2.06. The summed E-state index contributed by atoms with van der Waals surface area (Å²) in [6, 6.07) is 7.86. The molecule has 1 heterocycles. The number of rotatable bonds is 2. The zero-order chi connectivity index (χ0) is 11.7. The highest BCUT2D eigenvalue weighted by atomic mass is 16.1. The van der Waals surface area contributed by atoms with E-state index in [0.717, 1.165) is 11.0 Å². The van der Waals surface area contributed by atoms with Crippen LogP contribution in [-0.2, 0) is 13.6 Å². The Balaban J connectivity index is 2.65. The average Bonchev–Trinajstić information content (AvgIpc) is 2.50. The topological polar surface area (TPSA) is 26.9 Å². The van der Waals surface area contributed by atoms with Crippen molar-refractivity contribution in [1.29, 1.82) is 0 Å². The fraction of sp³-hybridized carbons (Fsp3) is 0.308. The average molecular weight is 216 g/mol. The van der Waals surface area contributed by atoms with E-state index in [-0.39, 0.29) is 5.69 Å². The summed E-state index contributed by atoms with van der Waals surface area (Å²) in [5, 5.41) is 0. The molecule has 1 aromatic heterocycles. The molecule has 1 aromatic carbocycles. The maximum Gasteiger partial charge on any atom is 0.329 e. The Morgan fingerprint density at radius 1 is 1.25 bits per heavy atom. The van der Waals surface area contributed by atoms with E-state index >= 15 is 0 Å². The highest BCUT2D eigenvalue weighted by molar-refractivity contribution is 5.75. The minimum absolute atomic E-state index is 0.0405. The summed E-state index contributed by atoms with van der Waals surface area (Å²) >= 11 is 0. The Labute approximate surface area is 94.6 Å². The van der Waals surface area contributed by atoms with Crippen molar-refractivity contribution < 1.29 is 0 Å². The smallest absolute Gasteiger partial charge is 0.295 e. The van der Waals surface area contributed by atoms with E-state index in [1.54, 1.807) is 9.13 Å². The SMILES string of the molecule is CC(C)=CCn1c(=O)n(C)c2ccccc21. The van der Waals surface area contributed by atoms with E-state index in [0.29, 0.717) is 6.54 Å². The summed E-state index contributed by atoms with van der Waals surface area (Å²) in [7, 11) is 1.81. The molecule has 2 aromatic rings. The third-order valence-corrected chi connectivity index (χ3v) is 2.73. The van der Waals surface area contributed by atoms with Gasteiger partial charge in [0.1, 0.15) is 0 Å². The van der Waals surface area contributed by atoms with E-state index in [1.165, 1.54) is 5.57 Å². The molecule has 0 bridgehead atoms. The molecule has 0 N–H and O–H groups in total. The van der Waals surface area contributed by atoms with Crippen LogP contribution in [0.5, 0.6) is 0 Å². The Kier molecular flexibility index (Phi) is 2.69. The minimum Gasteiger partial charge on any atom is -0.295 e. The summed E-state index contributed by atoms with van der Waals surface area (Å²) in [5.74, 6) is 0. The minimum atomic E-state index is 0.0405. The summed E-state index contributed by atoms with van der Waals surface area (Å²) in [5.41, 5.74) is 3.24. The van der Waals surface area contributed by atoms with Gasteiger partial charge in [-0.2, -0.15) is 0 Å². The van der Waals surface area contributed by atoms with Gasteiger partial charge in [-0.25, -0.2) is 4.79 Å². The standard InChI is InChI=1S/C13H16N2O/c1-10(2)8-9-15-12-7-5-4-6-11(12)14(3)13(15)16/h4-8H,9H2,1-3H3. The molecular weight excluding hydrogens is 200 g/mol. The highest BCUT2D eigenvalue weighted by Crippen LogP contribution is 2.11. The third-order valence-electron chi connectivity index (χ3n) is 2.73. The normalized spacial score (nSPS) is 10.7. The van der Waals surface area contributed by atoms with Gasteiger partial charge in [0.25, 0.3) is 0 Å². The summed E-state index contributed by atoms with van der Waals surface area (Å²) < 4.78 is 3.48. The second-order valence-electron chi connectivity index (χ2n) is 4.22. The molecule has 0 unspecified atom stereocenters. The maximum absolute atomic E-state index is 12.0. The van der Waals surface area contributed by atoms with Crippen LogP contribution in [-0.4, -0.2) is 9.13 Å². The van der Waals surface area contributed by atoms with Crippen LogP contribution >= 0.6 is 0 Å². The van der Waals surface area contributed by atoms with E-state index < -0.39 is 0 Å². The van der Waals surface area contributed by atoms with Crippen molar-refractivity contribution >= 4 is 11.0 Å². The van der Waals surface area contributed by atoms with Gasteiger partial charge in [-0.05, 0) is 26.0 Å². The maximum atomic E-state index is 12.0. The van der Waals surface area contributed by atoms with E-state index in [4.69, 9.17) is 0 Å². The second-order valence-corrected chi connectivity index (χ2v) is 4.22. The number of hydrogen-bond donors (Lipinski definition) is 0. The van der Waals surface area contributed by atoms with Crippen molar-refractivity contribution in [3.8, 4) is 0 Å². The van der Waals surface area contributed by atoms with Crippen molar-refractivity contribution in [1.82, 2.24) is 9.13 Å². The van der Waals surface area contributed by atoms with Gasteiger partial charge in [-0.15, -0.1) is 0 Å². The first-order chi connectivity index (χ1) is 7.61. The largest absolute Gasteiger partial charge is 0.329 e. The lowest BCUT2D eigenvalue weighted by Gasteiger charge is -1.98. The van der Waals surface area contributed by atoms with Crippen LogP contribution in [0.1, 0.15) is 13.8 Å². The van der Waals surface area contributed by atoms with Crippen molar-refractivity contribution in [3.05, 3.63) is 46.4 Å². The highest BCUT2D eigenvalue weighted by Gasteiger charge is 2.07. The molecule has 0 radical (unpaired) electrons. The summed E-state index contributed by atoms with van der Waals surface area (Å²) in [6.45, 7) is 4.72. The van der Waals surface area contributed by atoms with Crippen LogP contribution in [0.4, 0.5) is 0 Å². The molecule has 84 valence electrons. The number of nitrogens with zero attached hydrogens (tertiary/aromatic N) is 2. The van der Waals surface area contributed by atoms with Crippen LogP contribution in [0.2, 0.25) is 0 Å². The molecular formula is C13H16N2O. The van der Waals surface area contributed by atoms with Gasteiger partial charge in [0, 0.05) is 13.6 Å². The van der Waals surface area contributed by atoms with Crippen LogP contribution in [0, 0.1) is 0 Å².